The molecule has 7 nitrogen and oxygen atoms in total. The zero-order chi connectivity index (χ0) is 24.5. The zero-order valence-electron chi connectivity index (χ0n) is 21.9. The van der Waals surface area contributed by atoms with Crippen molar-refractivity contribution in [1.29, 1.82) is 0 Å². The van der Waals surface area contributed by atoms with Gasteiger partial charge >= 0.3 is 8.80 Å². The van der Waals surface area contributed by atoms with Crippen molar-refractivity contribution >= 4 is 45.6 Å². The van der Waals surface area contributed by atoms with Crippen LogP contribution in [0.2, 0.25) is 65.0 Å². The lowest BCUT2D eigenvalue weighted by Crippen LogP contribution is -2.60. The molecule has 0 spiro atoms. The molecule has 0 aliphatic carbocycles. The van der Waals surface area contributed by atoms with Gasteiger partial charge in [-0.25, -0.2) is 0 Å². The summed E-state index contributed by atoms with van der Waals surface area (Å²) in [4.78, 5) is 25.3. The van der Waals surface area contributed by atoms with E-state index in [4.69, 9.17) is 12.3 Å². The Kier molecular flexibility index (Phi) is 12.7. The van der Waals surface area contributed by atoms with Crippen molar-refractivity contribution in [1.82, 2.24) is 10.2 Å². The molecule has 0 rings (SSSR count). The predicted octanol–water partition coefficient (Wildman–Crippen LogP) is 4.63. The average molecular weight is 509 g/mol. The van der Waals surface area contributed by atoms with Crippen LogP contribution in [0.4, 0.5) is 0 Å². The second-order valence-electron chi connectivity index (χ2n) is 11.3. The van der Waals surface area contributed by atoms with Crippen molar-refractivity contribution in [2.75, 3.05) is 20.6 Å². The molecule has 11 heteroatoms. The van der Waals surface area contributed by atoms with E-state index >= 15 is 0 Å². The summed E-state index contributed by atoms with van der Waals surface area (Å²) in [6.45, 7) is 20.2. The summed E-state index contributed by atoms with van der Waals surface area (Å²) < 4.78 is 20.0. The smallest absolute Gasteiger partial charge is 0.417 e. The summed E-state index contributed by atoms with van der Waals surface area (Å²) >= 11 is 0. The van der Waals surface area contributed by atoms with Gasteiger partial charge in [-0.3, -0.25) is 9.59 Å². The molecule has 0 atom stereocenters. The number of hydrogen-bond donors (Lipinski definition) is 1. The monoisotopic (exact) mass is 508 g/mol. The Morgan fingerprint density at radius 2 is 1.13 bits per heavy atom. The molecule has 0 bridgehead atoms. The fourth-order valence-electron chi connectivity index (χ4n) is 3.02. The minimum Gasteiger partial charge on any atom is -0.417 e. The quantitative estimate of drug-likeness (QED) is 0.258. The van der Waals surface area contributed by atoms with Gasteiger partial charge in [0.15, 0.2) is 25.0 Å². The van der Waals surface area contributed by atoms with E-state index in [1.807, 2.05) is 0 Å². The van der Waals surface area contributed by atoms with Crippen LogP contribution >= 0.6 is 0 Å². The highest BCUT2D eigenvalue weighted by atomic mass is 28.5. The molecule has 0 fully saturated rings. The number of carbonyl (C=O) groups is 2. The molecule has 0 aromatic carbocycles. The number of nitrogens with zero attached hydrogens (tertiary/aromatic N) is 1. The van der Waals surface area contributed by atoms with Gasteiger partial charge in [0, 0.05) is 39.5 Å². The summed E-state index contributed by atoms with van der Waals surface area (Å²) in [5.74, 6) is 0.141. The predicted molar refractivity (Wildman–Crippen MR) is 139 cm³/mol. The maximum atomic E-state index is 12.2. The minimum atomic E-state index is -2.84. The molecule has 0 saturated heterocycles. The number of amides is 2. The third-order valence-electron chi connectivity index (χ3n) is 3.91. The van der Waals surface area contributed by atoms with Crippen LogP contribution in [0.1, 0.15) is 32.1 Å². The van der Waals surface area contributed by atoms with Crippen molar-refractivity contribution in [3.05, 3.63) is 0 Å². The Labute approximate surface area is 195 Å². The molecule has 0 saturated carbocycles. The molecular formula is C20H48N2O5Si4. The summed E-state index contributed by atoms with van der Waals surface area (Å²) in [6, 6.07) is 0.726. The van der Waals surface area contributed by atoms with Gasteiger partial charge in [0.25, 0.3) is 0 Å². The molecule has 2 amide bonds. The van der Waals surface area contributed by atoms with Gasteiger partial charge in [0.05, 0.1) is 0 Å². The Balaban J connectivity index is 4.81. The Hall–Kier alpha value is -0.312. The molecule has 0 aliphatic rings. The van der Waals surface area contributed by atoms with Gasteiger partial charge in [-0.05, 0) is 78.2 Å². The van der Waals surface area contributed by atoms with Crippen LogP contribution < -0.4 is 5.32 Å². The zero-order valence-corrected chi connectivity index (χ0v) is 25.9. The van der Waals surface area contributed by atoms with Gasteiger partial charge in [0.2, 0.25) is 11.8 Å². The normalized spacial score (nSPS) is 13.3. The van der Waals surface area contributed by atoms with Crippen molar-refractivity contribution in [3.8, 4) is 0 Å². The van der Waals surface area contributed by atoms with Crippen LogP contribution in [0.25, 0.3) is 0 Å². The molecule has 0 unspecified atom stereocenters. The highest BCUT2D eigenvalue weighted by Crippen LogP contribution is 2.29. The largest absolute Gasteiger partial charge is 0.469 e. The van der Waals surface area contributed by atoms with Crippen molar-refractivity contribution in [2.24, 2.45) is 0 Å². The van der Waals surface area contributed by atoms with Gasteiger partial charge in [0.1, 0.15) is 0 Å². The van der Waals surface area contributed by atoms with Crippen LogP contribution in [0, 0.1) is 0 Å². The Morgan fingerprint density at radius 3 is 1.52 bits per heavy atom. The van der Waals surface area contributed by atoms with Crippen molar-refractivity contribution < 1.29 is 21.9 Å². The second kappa shape index (κ2) is 12.8. The van der Waals surface area contributed by atoms with E-state index in [0.29, 0.717) is 19.4 Å². The molecule has 0 radical (unpaired) electrons. The van der Waals surface area contributed by atoms with E-state index in [9.17, 15) is 9.59 Å². The Bertz CT molecular complexity index is 529. The molecule has 0 aliphatic heterocycles. The molecular weight excluding hydrogens is 461 g/mol. The molecule has 31 heavy (non-hydrogen) atoms. The highest BCUT2D eigenvalue weighted by molar-refractivity contribution is 6.90. The van der Waals surface area contributed by atoms with Crippen LogP contribution in [0.3, 0.4) is 0 Å². The third kappa shape index (κ3) is 16.9. The lowest BCUT2D eigenvalue weighted by molar-refractivity contribution is -0.129. The summed E-state index contributed by atoms with van der Waals surface area (Å²) in [5, 5.41) is 3.01. The van der Waals surface area contributed by atoms with E-state index in [1.165, 1.54) is 0 Å². The van der Waals surface area contributed by atoms with Gasteiger partial charge in [-0.1, -0.05) is 0 Å². The lowest BCUT2D eigenvalue weighted by Gasteiger charge is -2.43. The molecule has 0 aromatic rings. The molecule has 0 aromatic heterocycles. The first kappa shape index (κ1) is 30.7. The first-order valence-corrected chi connectivity index (χ1v) is 23.6. The highest BCUT2D eigenvalue weighted by Gasteiger charge is 2.49. The van der Waals surface area contributed by atoms with Crippen molar-refractivity contribution in [3.63, 3.8) is 0 Å². The number of nitrogens with one attached hydrogen (secondary N) is 1. The standard InChI is InChI=1S/C20H48N2O5Si4/c1-22(2)20(24)16-13-12-15-19(23)21-17-14-18-31(25-28(3,4)5,26-29(6,7)8)27-30(9,10)11/h12-18H2,1-11H3,(H,21,23). The van der Waals surface area contributed by atoms with Gasteiger partial charge < -0.3 is 22.6 Å². The average Bonchev–Trinajstić information content (AvgIpc) is 2.50. The maximum Gasteiger partial charge on any atom is 0.469 e. The number of unbranched alkanes of at least 4 members (excludes halogenated alkanes) is 1. The summed E-state index contributed by atoms with van der Waals surface area (Å²) in [6.07, 6.45) is 3.17. The third-order valence-corrected chi connectivity index (χ3v) is 16.0. The van der Waals surface area contributed by atoms with E-state index < -0.39 is 33.8 Å². The molecule has 0 heterocycles. The summed E-state index contributed by atoms with van der Waals surface area (Å²) in [5.41, 5.74) is 0. The van der Waals surface area contributed by atoms with E-state index in [0.717, 1.165) is 25.3 Å². The van der Waals surface area contributed by atoms with Gasteiger partial charge in [-0.15, -0.1) is 0 Å². The van der Waals surface area contributed by atoms with Crippen LogP contribution in [-0.4, -0.2) is 71.1 Å². The maximum absolute atomic E-state index is 12.2. The number of hydrogen-bond acceptors (Lipinski definition) is 5. The number of rotatable bonds is 15. The van der Waals surface area contributed by atoms with Crippen LogP contribution in [0.5, 0.6) is 0 Å². The van der Waals surface area contributed by atoms with E-state index in [2.05, 4.69) is 64.2 Å². The Morgan fingerprint density at radius 1 is 0.710 bits per heavy atom. The fraction of sp³-hybridized carbons (Fsp3) is 0.900. The minimum absolute atomic E-state index is 0.0351. The van der Waals surface area contributed by atoms with Gasteiger partial charge in [-0.2, -0.15) is 0 Å². The van der Waals surface area contributed by atoms with Crippen LogP contribution in [-0.2, 0) is 21.9 Å². The second-order valence-corrected chi connectivity index (χ2v) is 28.3. The first-order chi connectivity index (χ1) is 13.8. The molecule has 1 N–H and O–H groups in total. The summed E-state index contributed by atoms with van der Waals surface area (Å²) in [7, 11) is -4.96. The fourth-order valence-corrected chi connectivity index (χ4v) is 17.7. The van der Waals surface area contributed by atoms with Crippen molar-refractivity contribution in [2.45, 2.75) is 97.1 Å². The SMILES string of the molecule is CN(C)C(=O)CCCCC(=O)NCCC[Si](O[Si](C)(C)C)(O[Si](C)(C)C)O[Si](C)(C)C. The molecule has 184 valence electrons. The van der Waals surface area contributed by atoms with E-state index in [-0.39, 0.29) is 11.8 Å². The topological polar surface area (TPSA) is 77.1 Å². The number of carbonyl (C=O) groups excluding carboxylic acids is 2. The van der Waals surface area contributed by atoms with E-state index in [1.54, 1.807) is 19.0 Å². The van der Waals surface area contributed by atoms with Crippen LogP contribution in [0.15, 0.2) is 0 Å². The lowest BCUT2D eigenvalue weighted by atomic mass is 10.2. The first-order valence-electron chi connectivity index (χ1n) is 11.4.